The third-order valence-electron chi connectivity index (χ3n) is 4.70. The largest absolute Gasteiger partial charge is 0.490 e. The molecule has 182 valence electrons. The summed E-state index contributed by atoms with van der Waals surface area (Å²) in [6, 6.07) is 24.9. The molecule has 0 aliphatic heterocycles. The number of nitrogens with one attached hydrogen (secondary N) is 3. The van der Waals surface area contributed by atoms with Gasteiger partial charge in [0.2, 0.25) is 17.8 Å². The van der Waals surface area contributed by atoms with E-state index in [1.165, 1.54) is 0 Å². The van der Waals surface area contributed by atoms with Gasteiger partial charge in [0.1, 0.15) is 6.61 Å². The summed E-state index contributed by atoms with van der Waals surface area (Å²) in [7, 11) is 0. The first-order valence-electron chi connectivity index (χ1n) is 11.4. The van der Waals surface area contributed by atoms with Gasteiger partial charge in [0.05, 0.1) is 12.8 Å². The zero-order valence-corrected chi connectivity index (χ0v) is 19.9. The number of benzene rings is 3. The fraction of sp³-hybridized carbons (Fsp3) is 0.111. The van der Waals surface area contributed by atoms with E-state index in [9.17, 15) is 0 Å². The summed E-state index contributed by atoms with van der Waals surface area (Å²) in [5, 5.41) is 10.7. The minimum atomic E-state index is 0.272. The number of rotatable bonds is 12. The van der Waals surface area contributed by atoms with Gasteiger partial charge in [-0.15, -0.1) is 0 Å². The third kappa shape index (κ3) is 7.04. The number of hydrazone groups is 1. The van der Waals surface area contributed by atoms with Gasteiger partial charge in [0.15, 0.2) is 11.5 Å². The van der Waals surface area contributed by atoms with E-state index in [0.717, 1.165) is 16.9 Å². The van der Waals surface area contributed by atoms with Gasteiger partial charge in [0, 0.05) is 11.4 Å². The number of aromatic nitrogens is 3. The third-order valence-corrected chi connectivity index (χ3v) is 4.70. The van der Waals surface area contributed by atoms with Crippen LogP contribution in [0.2, 0.25) is 0 Å². The molecule has 0 aliphatic rings. The van der Waals surface area contributed by atoms with Gasteiger partial charge in [-0.3, -0.25) is 0 Å². The highest BCUT2D eigenvalue weighted by Crippen LogP contribution is 2.28. The maximum atomic E-state index is 5.69. The molecule has 0 radical (unpaired) electrons. The molecule has 0 atom stereocenters. The van der Waals surface area contributed by atoms with Crippen molar-refractivity contribution in [3.05, 3.63) is 97.1 Å². The lowest BCUT2D eigenvalue weighted by molar-refractivity contribution is 0.297. The lowest BCUT2D eigenvalue weighted by atomic mass is 10.2. The number of ether oxygens (including phenoxy) is 2. The van der Waals surface area contributed by atoms with Crippen LogP contribution in [0.3, 0.4) is 0 Å². The molecule has 9 nitrogen and oxygen atoms in total. The van der Waals surface area contributed by atoms with Crippen LogP contribution in [0.4, 0.5) is 29.2 Å². The van der Waals surface area contributed by atoms with Crippen molar-refractivity contribution in [2.75, 3.05) is 29.3 Å². The monoisotopic (exact) mass is 481 g/mol. The molecular formula is C27H27N7O2. The Kier molecular flexibility index (Phi) is 8.42. The average molecular weight is 482 g/mol. The highest BCUT2D eigenvalue weighted by Gasteiger charge is 2.08. The summed E-state index contributed by atoms with van der Waals surface area (Å²) in [6.45, 7) is 6.51. The van der Waals surface area contributed by atoms with E-state index < -0.39 is 0 Å². The van der Waals surface area contributed by atoms with Gasteiger partial charge in [-0.25, -0.2) is 5.43 Å². The van der Waals surface area contributed by atoms with Crippen molar-refractivity contribution in [3.63, 3.8) is 0 Å². The van der Waals surface area contributed by atoms with E-state index >= 15 is 0 Å². The molecule has 0 fully saturated rings. The fourth-order valence-corrected chi connectivity index (χ4v) is 3.14. The van der Waals surface area contributed by atoms with E-state index in [-0.39, 0.29) is 5.95 Å². The van der Waals surface area contributed by atoms with Crippen LogP contribution in [0.1, 0.15) is 12.5 Å². The Morgan fingerprint density at radius 1 is 0.778 bits per heavy atom. The Morgan fingerprint density at radius 2 is 1.39 bits per heavy atom. The predicted octanol–water partition coefficient (Wildman–Crippen LogP) is 5.77. The van der Waals surface area contributed by atoms with Crippen molar-refractivity contribution >= 4 is 35.4 Å². The van der Waals surface area contributed by atoms with Crippen molar-refractivity contribution in [2.24, 2.45) is 5.10 Å². The molecule has 0 aliphatic carbocycles. The Hall–Kier alpha value is -4.92. The summed E-state index contributed by atoms with van der Waals surface area (Å²) < 4.78 is 11.3. The van der Waals surface area contributed by atoms with Gasteiger partial charge >= 0.3 is 0 Å². The molecule has 4 rings (SSSR count). The highest BCUT2D eigenvalue weighted by molar-refractivity contribution is 5.81. The quantitative estimate of drug-likeness (QED) is 0.133. The fourth-order valence-electron chi connectivity index (χ4n) is 3.14. The predicted molar refractivity (Wildman–Crippen MR) is 144 cm³/mol. The minimum absolute atomic E-state index is 0.272. The van der Waals surface area contributed by atoms with Crippen LogP contribution in [-0.2, 0) is 0 Å². The van der Waals surface area contributed by atoms with Crippen LogP contribution in [0.15, 0.2) is 96.6 Å². The summed E-state index contributed by atoms with van der Waals surface area (Å²) >= 11 is 0. The number of hydrogen-bond acceptors (Lipinski definition) is 9. The van der Waals surface area contributed by atoms with Gasteiger partial charge in [-0.1, -0.05) is 49.1 Å². The first-order chi connectivity index (χ1) is 17.7. The maximum Gasteiger partial charge on any atom is 0.250 e. The molecule has 1 aromatic heterocycles. The van der Waals surface area contributed by atoms with E-state index in [4.69, 9.17) is 9.47 Å². The van der Waals surface area contributed by atoms with Gasteiger partial charge in [-0.2, -0.15) is 20.1 Å². The first-order valence-corrected chi connectivity index (χ1v) is 11.4. The van der Waals surface area contributed by atoms with E-state index in [1.54, 1.807) is 12.3 Å². The Labute approximate surface area is 210 Å². The molecule has 9 heteroatoms. The molecular weight excluding hydrogens is 454 g/mol. The van der Waals surface area contributed by atoms with Crippen molar-refractivity contribution < 1.29 is 9.47 Å². The van der Waals surface area contributed by atoms with Crippen LogP contribution in [0.5, 0.6) is 11.5 Å². The molecule has 0 bridgehead atoms. The number of nitrogens with zero attached hydrogens (tertiary/aromatic N) is 4. The molecule has 1 heterocycles. The first kappa shape index (κ1) is 24.2. The molecule has 4 aromatic rings. The molecule has 0 amide bonds. The van der Waals surface area contributed by atoms with Gasteiger partial charge in [0.25, 0.3) is 0 Å². The Morgan fingerprint density at radius 3 is 1.97 bits per heavy atom. The second kappa shape index (κ2) is 12.5. The smallest absolute Gasteiger partial charge is 0.250 e. The summed E-state index contributed by atoms with van der Waals surface area (Å²) in [4.78, 5) is 13.4. The van der Waals surface area contributed by atoms with Crippen molar-refractivity contribution in [1.29, 1.82) is 0 Å². The normalized spacial score (nSPS) is 10.6. The molecule has 36 heavy (non-hydrogen) atoms. The van der Waals surface area contributed by atoms with E-state index in [2.05, 4.69) is 42.7 Å². The highest BCUT2D eigenvalue weighted by atomic mass is 16.5. The van der Waals surface area contributed by atoms with E-state index in [0.29, 0.717) is 36.6 Å². The molecule has 0 spiro atoms. The Balaban J connectivity index is 1.53. The molecule has 0 saturated carbocycles. The average Bonchev–Trinajstić information content (AvgIpc) is 2.89. The van der Waals surface area contributed by atoms with Crippen LogP contribution in [0.25, 0.3) is 0 Å². The van der Waals surface area contributed by atoms with Crippen LogP contribution in [-0.4, -0.2) is 34.4 Å². The van der Waals surface area contributed by atoms with Crippen LogP contribution >= 0.6 is 0 Å². The zero-order chi connectivity index (χ0) is 25.0. The molecule has 3 aromatic carbocycles. The molecule has 3 N–H and O–H groups in total. The van der Waals surface area contributed by atoms with Gasteiger partial charge < -0.3 is 20.1 Å². The summed E-state index contributed by atoms with van der Waals surface area (Å²) in [5.74, 6) is 2.29. The standard InChI is InChI=1S/C27H27N7O2/c1-3-17-36-23-16-15-20(18-24(23)35-4-2)19-28-34-27-32-25(29-21-11-7-5-8-12-21)31-26(33-27)30-22-13-9-6-10-14-22/h3,5-16,18-19H,1,4,17H2,2H3,(H3,29,30,31,32,33,34). The second-order valence-corrected chi connectivity index (χ2v) is 7.40. The lowest BCUT2D eigenvalue weighted by Gasteiger charge is -2.11. The maximum absolute atomic E-state index is 5.69. The topological polar surface area (TPSA) is 106 Å². The summed E-state index contributed by atoms with van der Waals surface area (Å²) in [5.41, 5.74) is 5.41. The van der Waals surface area contributed by atoms with Crippen molar-refractivity contribution in [1.82, 2.24) is 15.0 Å². The number of anilines is 5. The Bertz CT molecular complexity index is 1240. The zero-order valence-electron chi connectivity index (χ0n) is 19.9. The van der Waals surface area contributed by atoms with Crippen LogP contribution in [0, 0.1) is 0 Å². The molecule has 0 saturated heterocycles. The SMILES string of the molecule is C=CCOc1ccc(C=NNc2nc(Nc3ccccc3)nc(Nc3ccccc3)n2)cc1OCC. The van der Waals surface area contributed by atoms with Gasteiger partial charge in [-0.05, 0) is 55.0 Å². The summed E-state index contributed by atoms with van der Waals surface area (Å²) in [6.07, 6.45) is 3.34. The van der Waals surface area contributed by atoms with E-state index in [1.807, 2.05) is 85.8 Å². The lowest BCUT2D eigenvalue weighted by Crippen LogP contribution is -2.07. The van der Waals surface area contributed by atoms with Crippen molar-refractivity contribution in [2.45, 2.75) is 6.92 Å². The molecule has 0 unspecified atom stereocenters. The van der Waals surface area contributed by atoms with Crippen molar-refractivity contribution in [3.8, 4) is 11.5 Å². The second-order valence-electron chi connectivity index (χ2n) is 7.40. The number of para-hydroxylation sites is 2. The van der Waals surface area contributed by atoms with Crippen LogP contribution < -0.4 is 25.5 Å². The minimum Gasteiger partial charge on any atom is -0.490 e. The number of hydrogen-bond donors (Lipinski definition) is 3.